The first kappa shape index (κ1) is 20.3. The number of carbonyl (C=O) groups excluding carboxylic acids is 1. The molecule has 0 bridgehead atoms. The number of imidazole rings is 1. The number of H-pyrrole nitrogens is 1. The van der Waals surface area contributed by atoms with Crippen LogP contribution in [0.4, 0.5) is 16.2 Å². The third-order valence-corrected chi connectivity index (χ3v) is 5.02. The van der Waals surface area contributed by atoms with E-state index in [2.05, 4.69) is 38.3 Å². The molecule has 4 rings (SSSR count). The molecule has 0 fully saturated rings. The highest BCUT2D eigenvalue weighted by Crippen LogP contribution is 2.32. The van der Waals surface area contributed by atoms with E-state index in [0.29, 0.717) is 44.2 Å². The van der Waals surface area contributed by atoms with Crippen molar-refractivity contribution in [3.63, 3.8) is 0 Å². The summed E-state index contributed by atoms with van der Waals surface area (Å²) in [5.41, 5.74) is 2.81. The lowest BCUT2D eigenvalue weighted by Crippen LogP contribution is -2.27. The molecule has 2 heterocycles. The molecule has 0 saturated carbocycles. The van der Waals surface area contributed by atoms with E-state index >= 15 is 0 Å². The van der Waals surface area contributed by atoms with E-state index in [1.807, 2.05) is 6.07 Å². The molecular formula is C19H14Cl2N6O2S. The number of urea groups is 1. The van der Waals surface area contributed by atoms with E-state index in [1.54, 1.807) is 42.6 Å². The molecule has 0 aliphatic heterocycles. The number of anilines is 2. The molecule has 30 heavy (non-hydrogen) atoms. The molecule has 2 N–H and O–H groups in total. The van der Waals surface area contributed by atoms with Gasteiger partial charge >= 0.3 is 6.03 Å². The summed E-state index contributed by atoms with van der Waals surface area (Å²) in [6.45, 7) is 0. The fourth-order valence-electron chi connectivity index (χ4n) is 2.80. The molecule has 0 aliphatic carbocycles. The summed E-state index contributed by atoms with van der Waals surface area (Å²) in [6.07, 6.45) is 1.57. The quantitative estimate of drug-likeness (QED) is 0.362. The van der Waals surface area contributed by atoms with E-state index in [-0.39, 0.29) is 0 Å². The number of benzene rings is 2. The van der Waals surface area contributed by atoms with Crippen molar-refractivity contribution < 1.29 is 9.53 Å². The van der Waals surface area contributed by atoms with Crippen LogP contribution in [0.5, 0.6) is 5.75 Å². The van der Waals surface area contributed by atoms with Crippen molar-refractivity contribution in [2.45, 2.75) is 0 Å². The lowest BCUT2D eigenvalue weighted by atomic mass is 10.1. The number of carbonyl (C=O) groups is 1. The highest BCUT2D eigenvalue weighted by atomic mass is 35.5. The van der Waals surface area contributed by atoms with Gasteiger partial charge in [-0.05, 0) is 42.5 Å². The Labute approximate surface area is 186 Å². The van der Waals surface area contributed by atoms with Crippen LogP contribution in [-0.4, -0.2) is 33.3 Å². The second kappa shape index (κ2) is 8.39. The maximum atomic E-state index is 12.7. The van der Waals surface area contributed by atoms with Gasteiger partial charge in [-0.1, -0.05) is 36.0 Å². The topological polar surface area (TPSA) is 96.0 Å². The summed E-state index contributed by atoms with van der Waals surface area (Å²) in [7, 11) is 1.51. The van der Waals surface area contributed by atoms with Crippen LogP contribution in [0.1, 0.15) is 0 Å². The standard InChI is InChI=1S/C19H14Cl2N6O2S/c1-29-16-3-2-10(17-23-14-4-5-22-26-18(14)25-17)6-15(16)24-19(28)27(30)13-8-11(20)7-12(21)9-13/h2-9,30H,1H3,(H,24,28)(H,23,25,26). The van der Waals surface area contributed by atoms with Crippen LogP contribution in [0.2, 0.25) is 10.0 Å². The summed E-state index contributed by atoms with van der Waals surface area (Å²) >= 11 is 16.3. The molecule has 0 aliphatic rings. The number of ether oxygens (including phenoxy) is 1. The van der Waals surface area contributed by atoms with Gasteiger partial charge in [-0.3, -0.25) is 0 Å². The van der Waals surface area contributed by atoms with Gasteiger partial charge in [0.15, 0.2) is 5.65 Å². The average Bonchev–Trinajstić information content (AvgIpc) is 3.16. The van der Waals surface area contributed by atoms with Crippen LogP contribution in [0.15, 0.2) is 48.7 Å². The molecule has 11 heteroatoms. The minimum atomic E-state index is -0.525. The zero-order valence-corrected chi connectivity index (χ0v) is 17.8. The summed E-state index contributed by atoms with van der Waals surface area (Å²) in [5.74, 6) is 1.04. The molecule has 8 nitrogen and oxygen atoms in total. The Morgan fingerprint density at radius 3 is 2.63 bits per heavy atom. The number of fused-ring (bicyclic) bond motifs is 1. The number of aromatic amines is 1. The Balaban J connectivity index is 1.64. The number of halogens is 2. The van der Waals surface area contributed by atoms with Gasteiger partial charge in [-0.2, -0.15) is 5.10 Å². The van der Waals surface area contributed by atoms with E-state index in [9.17, 15) is 4.79 Å². The molecule has 0 unspecified atom stereocenters. The number of rotatable bonds is 4. The average molecular weight is 461 g/mol. The van der Waals surface area contributed by atoms with Gasteiger partial charge in [0, 0.05) is 15.6 Å². The van der Waals surface area contributed by atoms with Gasteiger partial charge in [0.25, 0.3) is 0 Å². The first-order valence-corrected chi connectivity index (χ1v) is 9.72. The first-order chi connectivity index (χ1) is 14.4. The van der Waals surface area contributed by atoms with Gasteiger partial charge < -0.3 is 15.0 Å². The number of nitrogens with zero attached hydrogens (tertiary/aromatic N) is 4. The Kier molecular flexibility index (Phi) is 5.67. The van der Waals surface area contributed by atoms with Gasteiger partial charge in [0.2, 0.25) is 0 Å². The molecule has 2 amide bonds. The highest BCUT2D eigenvalue weighted by molar-refractivity contribution is 7.82. The van der Waals surface area contributed by atoms with Crippen LogP contribution in [-0.2, 0) is 0 Å². The fraction of sp³-hybridized carbons (Fsp3) is 0.0526. The maximum Gasteiger partial charge on any atom is 0.336 e. The zero-order chi connectivity index (χ0) is 21.3. The molecule has 2 aromatic carbocycles. The largest absolute Gasteiger partial charge is 0.495 e. The molecule has 0 spiro atoms. The predicted octanol–water partition coefficient (Wildman–Crippen LogP) is 5.22. The molecule has 152 valence electrons. The summed E-state index contributed by atoms with van der Waals surface area (Å²) in [5, 5.41) is 11.4. The van der Waals surface area contributed by atoms with E-state index < -0.39 is 6.03 Å². The lowest BCUT2D eigenvalue weighted by Gasteiger charge is -2.18. The predicted molar refractivity (Wildman–Crippen MR) is 121 cm³/mol. The number of hydrogen-bond acceptors (Lipinski definition) is 6. The minimum Gasteiger partial charge on any atom is -0.495 e. The van der Waals surface area contributed by atoms with E-state index in [0.717, 1.165) is 9.87 Å². The van der Waals surface area contributed by atoms with Crippen LogP contribution in [0.25, 0.3) is 22.6 Å². The normalized spacial score (nSPS) is 10.8. The third kappa shape index (κ3) is 4.13. The van der Waals surface area contributed by atoms with Crippen molar-refractivity contribution in [3.05, 3.63) is 58.7 Å². The monoisotopic (exact) mass is 460 g/mol. The second-order valence-corrected chi connectivity index (χ2v) is 7.41. The second-order valence-electron chi connectivity index (χ2n) is 6.14. The Morgan fingerprint density at radius 2 is 1.93 bits per heavy atom. The fourth-order valence-corrected chi connectivity index (χ4v) is 3.48. The highest BCUT2D eigenvalue weighted by Gasteiger charge is 2.17. The molecule has 4 aromatic rings. The smallest absolute Gasteiger partial charge is 0.336 e. The first-order valence-electron chi connectivity index (χ1n) is 8.56. The van der Waals surface area contributed by atoms with E-state index in [1.165, 1.54) is 7.11 Å². The molecule has 0 atom stereocenters. The van der Waals surface area contributed by atoms with Crippen LogP contribution in [0.3, 0.4) is 0 Å². The maximum absolute atomic E-state index is 12.7. The van der Waals surface area contributed by atoms with Gasteiger partial charge in [0.05, 0.1) is 24.7 Å². The number of amides is 2. The lowest BCUT2D eigenvalue weighted by molar-refractivity contribution is 0.260. The van der Waals surface area contributed by atoms with Crippen molar-refractivity contribution in [2.24, 2.45) is 0 Å². The van der Waals surface area contributed by atoms with Crippen LogP contribution < -0.4 is 14.4 Å². The molecule has 2 aromatic heterocycles. The van der Waals surface area contributed by atoms with Crippen LogP contribution >= 0.6 is 36.0 Å². The van der Waals surface area contributed by atoms with E-state index in [4.69, 9.17) is 27.9 Å². The number of aromatic nitrogens is 4. The Morgan fingerprint density at radius 1 is 1.17 bits per heavy atom. The molecular weight excluding hydrogens is 447 g/mol. The van der Waals surface area contributed by atoms with Crippen molar-refractivity contribution in [1.29, 1.82) is 0 Å². The minimum absolute atomic E-state index is 0.386. The van der Waals surface area contributed by atoms with Crippen molar-refractivity contribution >= 4 is 64.6 Å². The number of nitrogens with one attached hydrogen (secondary N) is 2. The molecule has 0 saturated heterocycles. The Hall–Kier alpha value is -3.01. The zero-order valence-electron chi connectivity index (χ0n) is 15.4. The SMILES string of the molecule is COc1ccc(-c2nc3ccnnc3[nH]2)cc1NC(=O)N(S)c1cc(Cl)cc(Cl)c1. The Bertz CT molecular complexity index is 1200. The van der Waals surface area contributed by atoms with Gasteiger partial charge in [0.1, 0.15) is 17.1 Å². The number of thiol groups is 1. The summed E-state index contributed by atoms with van der Waals surface area (Å²) < 4.78 is 6.46. The van der Waals surface area contributed by atoms with Gasteiger partial charge in [-0.15, -0.1) is 5.10 Å². The summed E-state index contributed by atoms with van der Waals surface area (Å²) in [4.78, 5) is 20.3. The van der Waals surface area contributed by atoms with Crippen LogP contribution in [0, 0.1) is 0 Å². The van der Waals surface area contributed by atoms with Crippen molar-refractivity contribution in [3.8, 4) is 17.1 Å². The van der Waals surface area contributed by atoms with Crippen molar-refractivity contribution in [2.75, 3.05) is 16.7 Å². The van der Waals surface area contributed by atoms with Crippen molar-refractivity contribution in [1.82, 2.24) is 20.2 Å². The van der Waals surface area contributed by atoms with Gasteiger partial charge in [-0.25, -0.2) is 14.1 Å². The number of methoxy groups -OCH3 is 1. The number of hydrogen-bond donors (Lipinski definition) is 3. The third-order valence-electron chi connectivity index (χ3n) is 4.17. The summed E-state index contributed by atoms with van der Waals surface area (Å²) in [6, 6.07) is 11.2. The molecule has 0 radical (unpaired) electrons.